The number of fused-ring (bicyclic) bond motifs is 1. The van der Waals surface area contributed by atoms with Gasteiger partial charge in [-0.3, -0.25) is 4.79 Å². The number of hydrogen-bond acceptors (Lipinski definition) is 2. The number of hydrogen-bond donors (Lipinski definition) is 2. The molecule has 1 aromatic heterocycles. The molecular weight excluding hydrogens is 262 g/mol. The molecule has 1 aliphatic carbocycles. The van der Waals surface area contributed by atoms with Crippen LogP contribution in [0.1, 0.15) is 44.9 Å². The molecule has 2 aromatic rings. The number of para-hydroxylation sites is 2. The molecule has 1 amide bonds. The first-order valence-corrected chi connectivity index (χ1v) is 7.93. The summed E-state index contributed by atoms with van der Waals surface area (Å²) >= 11 is 0. The number of aromatic amines is 1. The zero-order valence-electron chi connectivity index (χ0n) is 12.6. The van der Waals surface area contributed by atoms with E-state index in [1.54, 1.807) is 0 Å². The minimum absolute atomic E-state index is 0.148. The molecule has 3 rings (SSSR count). The average molecular weight is 285 g/mol. The standard InChI is InChI=1S/C17H23N3O/c1-12-5-4-6-13(11-12)18-17(21)10-9-16-19-14-7-2-3-8-15(14)20-16/h2-3,7-8,12-13H,4-6,9-11H2,1H3,(H,18,21)(H,19,20). The van der Waals surface area contributed by atoms with Crippen LogP contribution in [0.15, 0.2) is 24.3 Å². The van der Waals surface area contributed by atoms with E-state index < -0.39 is 0 Å². The monoisotopic (exact) mass is 285 g/mol. The van der Waals surface area contributed by atoms with Gasteiger partial charge in [0.15, 0.2) is 0 Å². The predicted octanol–water partition coefficient (Wildman–Crippen LogP) is 3.19. The van der Waals surface area contributed by atoms with Crippen LogP contribution in [0.5, 0.6) is 0 Å². The Balaban J connectivity index is 1.51. The summed E-state index contributed by atoms with van der Waals surface area (Å²) in [5.74, 6) is 1.78. The van der Waals surface area contributed by atoms with Crippen molar-refractivity contribution in [1.29, 1.82) is 0 Å². The Kier molecular flexibility index (Phi) is 4.23. The number of aromatic nitrogens is 2. The van der Waals surface area contributed by atoms with Crippen LogP contribution in [-0.4, -0.2) is 21.9 Å². The van der Waals surface area contributed by atoms with Crippen LogP contribution in [0.2, 0.25) is 0 Å². The normalized spacial score (nSPS) is 22.3. The van der Waals surface area contributed by atoms with Gasteiger partial charge in [0, 0.05) is 18.9 Å². The lowest BCUT2D eigenvalue weighted by molar-refractivity contribution is -0.122. The highest BCUT2D eigenvalue weighted by Crippen LogP contribution is 2.23. The fourth-order valence-corrected chi connectivity index (χ4v) is 3.22. The summed E-state index contributed by atoms with van der Waals surface area (Å²) in [5.41, 5.74) is 2.00. The first-order valence-electron chi connectivity index (χ1n) is 7.93. The van der Waals surface area contributed by atoms with Crippen LogP contribution < -0.4 is 5.32 Å². The van der Waals surface area contributed by atoms with Crippen molar-refractivity contribution in [2.45, 2.75) is 51.5 Å². The van der Waals surface area contributed by atoms with Gasteiger partial charge < -0.3 is 10.3 Å². The van der Waals surface area contributed by atoms with Gasteiger partial charge in [-0.15, -0.1) is 0 Å². The SMILES string of the molecule is CC1CCCC(NC(=O)CCc2nc3ccccc3[nH]2)C1. The maximum Gasteiger partial charge on any atom is 0.220 e. The number of carbonyl (C=O) groups is 1. The maximum absolute atomic E-state index is 12.1. The van der Waals surface area contributed by atoms with Crippen molar-refractivity contribution in [3.05, 3.63) is 30.1 Å². The molecule has 1 saturated carbocycles. The first kappa shape index (κ1) is 14.1. The Bertz CT molecular complexity index is 586. The highest BCUT2D eigenvalue weighted by Gasteiger charge is 2.20. The fourth-order valence-electron chi connectivity index (χ4n) is 3.22. The van der Waals surface area contributed by atoms with Crippen molar-refractivity contribution in [3.63, 3.8) is 0 Å². The summed E-state index contributed by atoms with van der Waals surface area (Å²) in [6, 6.07) is 8.33. The van der Waals surface area contributed by atoms with Gasteiger partial charge in [0.05, 0.1) is 11.0 Å². The van der Waals surface area contributed by atoms with Gasteiger partial charge in [-0.05, 0) is 30.9 Å². The summed E-state index contributed by atoms with van der Waals surface area (Å²) < 4.78 is 0. The van der Waals surface area contributed by atoms with Gasteiger partial charge in [0.2, 0.25) is 5.91 Å². The lowest BCUT2D eigenvalue weighted by atomic mass is 9.87. The van der Waals surface area contributed by atoms with Crippen molar-refractivity contribution >= 4 is 16.9 Å². The number of aryl methyl sites for hydroxylation is 1. The number of benzene rings is 1. The van der Waals surface area contributed by atoms with Gasteiger partial charge in [-0.25, -0.2) is 4.98 Å². The van der Waals surface area contributed by atoms with E-state index in [4.69, 9.17) is 0 Å². The quantitative estimate of drug-likeness (QED) is 0.906. The smallest absolute Gasteiger partial charge is 0.220 e. The summed E-state index contributed by atoms with van der Waals surface area (Å²) in [4.78, 5) is 19.8. The number of imidazole rings is 1. The number of carbonyl (C=O) groups excluding carboxylic acids is 1. The lowest BCUT2D eigenvalue weighted by Crippen LogP contribution is -2.38. The number of nitrogens with one attached hydrogen (secondary N) is 2. The Morgan fingerprint density at radius 1 is 1.38 bits per heavy atom. The van der Waals surface area contributed by atoms with Crippen molar-refractivity contribution in [3.8, 4) is 0 Å². The number of nitrogens with zero attached hydrogens (tertiary/aromatic N) is 1. The molecule has 0 spiro atoms. The third-order valence-electron chi connectivity index (χ3n) is 4.33. The van der Waals surface area contributed by atoms with Crippen molar-refractivity contribution in [1.82, 2.24) is 15.3 Å². The third kappa shape index (κ3) is 3.63. The van der Waals surface area contributed by atoms with Gasteiger partial charge in [-0.1, -0.05) is 31.9 Å². The molecule has 112 valence electrons. The van der Waals surface area contributed by atoms with Gasteiger partial charge >= 0.3 is 0 Å². The second kappa shape index (κ2) is 6.29. The molecule has 1 aromatic carbocycles. The van der Waals surface area contributed by atoms with Gasteiger partial charge in [0.25, 0.3) is 0 Å². The molecule has 2 atom stereocenters. The van der Waals surface area contributed by atoms with Crippen LogP contribution in [0.25, 0.3) is 11.0 Å². The summed E-state index contributed by atoms with van der Waals surface area (Å²) in [7, 11) is 0. The van der Waals surface area contributed by atoms with Crippen LogP contribution in [0.4, 0.5) is 0 Å². The number of amides is 1. The first-order chi connectivity index (χ1) is 10.2. The third-order valence-corrected chi connectivity index (χ3v) is 4.33. The fraction of sp³-hybridized carbons (Fsp3) is 0.529. The van der Waals surface area contributed by atoms with E-state index >= 15 is 0 Å². The van der Waals surface area contributed by atoms with Crippen molar-refractivity contribution in [2.24, 2.45) is 5.92 Å². The summed E-state index contributed by atoms with van der Waals surface area (Å²) in [5, 5.41) is 3.17. The van der Waals surface area contributed by atoms with E-state index in [0.29, 0.717) is 18.9 Å². The largest absolute Gasteiger partial charge is 0.353 e. The maximum atomic E-state index is 12.1. The molecule has 2 unspecified atom stereocenters. The Morgan fingerprint density at radius 2 is 2.24 bits per heavy atom. The molecule has 0 radical (unpaired) electrons. The van der Waals surface area contributed by atoms with Crippen LogP contribution in [-0.2, 0) is 11.2 Å². The average Bonchev–Trinajstić information content (AvgIpc) is 2.88. The Hall–Kier alpha value is -1.84. The topological polar surface area (TPSA) is 57.8 Å². The molecule has 1 aliphatic rings. The molecule has 1 fully saturated rings. The molecule has 21 heavy (non-hydrogen) atoms. The molecule has 4 heteroatoms. The Labute approximate surface area is 125 Å². The van der Waals surface area contributed by atoms with Crippen LogP contribution >= 0.6 is 0 Å². The molecule has 0 bridgehead atoms. The minimum Gasteiger partial charge on any atom is -0.353 e. The number of H-pyrrole nitrogens is 1. The van der Waals surface area contributed by atoms with Crippen LogP contribution in [0, 0.1) is 5.92 Å². The second-order valence-electron chi connectivity index (χ2n) is 6.24. The lowest BCUT2D eigenvalue weighted by Gasteiger charge is -2.27. The molecular formula is C17H23N3O. The molecule has 0 aliphatic heterocycles. The summed E-state index contributed by atoms with van der Waals surface area (Å²) in [6.07, 6.45) is 5.95. The van der Waals surface area contributed by atoms with E-state index in [2.05, 4.69) is 22.2 Å². The van der Waals surface area contributed by atoms with Crippen molar-refractivity contribution < 1.29 is 4.79 Å². The second-order valence-corrected chi connectivity index (χ2v) is 6.24. The zero-order valence-corrected chi connectivity index (χ0v) is 12.6. The molecule has 0 saturated heterocycles. The Morgan fingerprint density at radius 3 is 3.05 bits per heavy atom. The zero-order chi connectivity index (χ0) is 14.7. The van der Waals surface area contributed by atoms with Gasteiger partial charge in [-0.2, -0.15) is 0 Å². The van der Waals surface area contributed by atoms with E-state index in [9.17, 15) is 4.79 Å². The predicted molar refractivity (Wildman–Crippen MR) is 84.0 cm³/mol. The van der Waals surface area contributed by atoms with Crippen molar-refractivity contribution in [2.75, 3.05) is 0 Å². The highest BCUT2D eigenvalue weighted by atomic mass is 16.1. The molecule has 2 N–H and O–H groups in total. The summed E-state index contributed by atoms with van der Waals surface area (Å²) in [6.45, 7) is 2.27. The number of rotatable bonds is 4. The van der Waals surface area contributed by atoms with E-state index in [0.717, 1.165) is 35.6 Å². The van der Waals surface area contributed by atoms with Crippen LogP contribution in [0.3, 0.4) is 0 Å². The molecule has 4 nitrogen and oxygen atoms in total. The van der Waals surface area contributed by atoms with E-state index in [1.165, 1.54) is 12.8 Å². The minimum atomic E-state index is 0.148. The highest BCUT2D eigenvalue weighted by molar-refractivity contribution is 5.77. The van der Waals surface area contributed by atoms with Gasteiger partial charge in [0.1, 0.15) is 5.82 Å². The van der Waals surface area contributed by atoms with E-state index in [-0.39, 0.29) is 5.91 Å². The van der Waals surface area contributed by atoms with E-state index in [1.807, 2.05) is 24.3 Å². The molecule has 1 heterocycles.